The Labute approximate surface area is 223 Å². The molecule has 1 unspecified atom stereocenters. The largest absolute Gasteiger partial charge is 0.391 e. The van der Waals surface area contributed by atoms with Crippen LogP contribution in [0.5, 0.6) is 0 Å². The number of anilines is 3. The number of carbonyl (C=O) groups excluding carboxylic acids is 1. The Morgan fingerprint density at radius 3 is 2.39 bits per heavy atom. The van der Waals surface area contributed by atoms with Crippen molar-refractivity contribution in [2.24, 2.45) is 11.7 Å². The van der Waals surface area contributed by atoms with Gasteiger partial charge < -0.3 is 21.5 Å². The Morgan fingerprint density at radius 1 is 1.03 bits per heavy atom. The number of aromatic nitrogens is 4. The molecule has 2 aliphatic carbocycles. The quantitative estimate of drug-likeness (QED) is 0.319. The minimum atomic E-state index is -0.432. The molecule has 9 nitrogen and oxygen atoms in total. The van der Waals surface area contributed by atoms with Gasteiger partial charge in [-0.3, -0.25) is 9.36 Å². The maximum absolute atomic E-state index is 11.7. The monoisotopic (exact) mass is 551 g/mol. The van der Waals surface area contributed by atoms with Gasteiger partial charge in [0.1, 0.15) is 5.52 Å². The van der Waals surface area contributed by atoms with Crippen LogP contribution in [0.2, 0.25) is 15.1 Å². The van der Waals surface area contributed by atoms with Crippen molar-refractivity contribution in [1.29, 1.82) is 0 Å². The minimum absolute atomic E-state index is 0.0287. The predicted molar refractivity (Wildman–Crippen MR) is 142 cm³/mol. The molecule has 2 heterocycles. The number of aliphatic hydroxyl groups excluding tert-OH is 1. The smallest absolute Gasteiger partial charge is 0.225 e. The maximum atomic E-state index is 11.7. The summed E-state index contributed by atoms with van der Waals surface area (Å²) >= 11 is 19.0. The lowest BCUT2D eigenvalue weighted by Gasteiger charge is -2.29. The van der Waals surface area contributed by atoms with Crippen molar-refractivity contribution >= 4 is 69.5 Å². The summed E-state index contributed by atoms with van der Waals surface area (Å²) in [5.74, 6) is 0.562. The number of carbonyl (C=O) groups is 1. The predicted octanol–water partition coefficient (Wildman–Crippen LogP) is 5.46. The number of halogens is 3. The van der Waals surface area contributed by atoms with Crippen LogP contribution in [0.15, 0.2) is 18.3 Å². The second kappa shape index (κ2) is 10.6. The van der Waals surface area contributed by atoms with Crippen molar-refractivity contribution in [2.75, 3.05) is 10.6 Å². The van der Waals surface area contributed by atoms with Crippen molar-refractivity contribution in [1.82, 2.24) is 19.5 Å². The Bertz CT molecular complexity index is 1250. The molecule has 0 saturated heterocycles. The fourth-order valence-electron chi connectivity index (χ4n) is 5.23. The highest BCUT2D eigenvalue weighted by Gasteiger charge is 2.30. The van der Waals surface area contributed by atoms with Crippen LogP contribution in [0.3, 0.4) is 0 Å². The minimum Gasteiger partial charge on any atom is -0.391 e. The van der Waals surface area contributed by atoms with E-state index in [0.717, 1.165) is 38.5 Å². The Hall–Kier alpha value is -2.33. The molecule has 2 aromatic heterocycles. The molecule has 2 saturated carbocycles. The molecule has 3 aromatic rings. The third kappa shape index (κ3) is 5.20. The number of aliphatic hydroxyl groups is 1. The van der Waals surface area contributed by atoms with Gasteiger partial charge in [0.05, 0.1) is 34.1 Å². The number of amides is 1. The van der Waals surface area contributed by atoms with E-state index in [-0.39, 0.29) is 23.9 Å². The number of hydrogen-bond acceptors (Lipinski definition) is 7. The lowest BCUT2D eigenvalue weighted by atomic mass is 9.85. The summed E-state index contributed by atoms with van der Waals surface area (Å²) in [6.07, 6.45) is 7.78. The average molecular weight is 553 g/mol. The molecule has 1 amide bonds. The first-order valence-corrected chi connectivity index (χ1v) is 13.3. The lowest BCUT2D eigenvalue weighted by Crippen LogP contribution is -2.36. The Kier molecular flexibility index (Phi) is 7.44. The van der Waals surface area contributed by atoms with Crippen molar-refractivity contribution in [3.63, 3.8) is 0 Å². The third-order valence-electron chi connectivity index (χ3n) is 7.18. The topological polar surface area (TPSA) is 131 Å². The highest BCUT2D eigenvalue weighted by molar-refractivity contribution is 6.41. The fraction of sp³-hybridized carbons (Fsp3) is 0.500. The number of rotatable bonds is 6. The van der Waals surface area contributed by atoms with E-state index in [0.29, 0.717) is 56.7 Å². The number of benzene rings is 1. The molecule has 0 aliphatic heterocycles. The van der Waals surface area contributed by atoms with Gasteiger partial charge in [0.15, 0.2) is 5.65 Å². The number of nitrogens with zero attached hydrogens (tertiary/aromatic N) is 4. The summed E-state index contributed by atoms with van der Waals surface area (Å²) in [5.41, 5.74) is 7.29. The van der Waals surface area contributed by atoms with Crippen LogP contribution >= 0.6 is 34.8 Å². The van der Waals surface area contributed by atoms with Crippen LogP contribution in [0.4, 0.5) is 17.6 Å². The van der Waals surface area contributed by atoms with Gasteiger partial charge >= 0.3 is 0 Å². The van der Waals surface area contributed by atoms with Crippen LogP contribution in [-0.2, 0) is 4.79 Å². The zero-order valence-corrected chi connectivity index (χ0v) is 21.8. The third-order valence-corrected chi connectivity index (χ3v) is 8.00. The molecule has 5 rings (SSSR count). The first-order valence-electron chi connectivity index (χ1n) is 12.2. The van der Waals surface area contributed by atoms with E-state index in [1.165, 1.54) is 0 Å². The summed E-state index contributed by atoms with van der Waals surface area (Å²) in [6.45, 7) is 0. The summed E-state index contributed by atoms with van der Waals surface area (Å²) in [5, 5.41) is 18.1. The molecule has 1 aromatic carbocycles. The van der Waals surface area contributed by atoms with Crippen LogP contribution < -0.4 is 16.4 Å². The van der Waals surface area contributed by atoms with E-state index < -0.39 is 6.10 Å². The lowest BCUT2D eigenvalue weighted by molar-refractivity contribution is -0.122. The van der Waals surface area contributed by atoms with Gasteiger partial charge in [-0.2, -0.15) is 4.98 Å². The molecule has 2 atom stereocenters. The summed E-state index contributed by atoms with van der Waals surface area (Å²) in [7, 11) is 0. The van der Waals surface area contributed by atoms with E-state index in [4.69, 9.17) is 50.5 Å². The summed E-state index contributed by atoms with van der Waals surface area (Å²) in [4.78, 5) is 25.7. The highest BCUT2D eigenvalue weighted by Crippen LogP contribution is 2.40. The van der Waals surface area contributed by atoms with E-state index in [1.54, 1.807) is 18.3 Å². The van der Waals surface area contributed by atoms with E-state index in [1.807, 2.05) is 4.57 Å². The molecule has 36 heavy (non-hydrogen) atoms. The number of hydrogen-bond donors (Lipinski definition) is 4. The molecule has 192 valence electrons. The Morgan fingerprint density at radius 2 is 1.72 bits per heavy atom. The normalized spacial score (nSPS) is 24.6. The molecule has 0 bridgehead atoms. The summed E-state index contributed by atoms with van der Waals surface area (Å²) in [6, 6.07) is 3.16. The molecule has 2 fully saturated rings. The number of nitrogens with two attached hydrogens (primary N) is 1. The van der Waals surface area contributed by atoms with Gasteiger partial charge in [0, 0.05) is 17.0 Å². The maximum Gasteiger partial charge on any atom is 0.225 e. The van der Waals surface area contributed by atoms with Gasteiger partial charge in [-0.25, -0.2) is 9.97 Å². The van der Waals surface area contributed by atoms with Crippen LogP contribution in [-0.4, -0.2) is 42.7 Å². The van der Waals surface area contributed by atoms with Crippen LogP contribution in [0.25, 0.3) is 11.2 Å². The number of nitrogens with one attached hydrogen (secondary N) is 2. The molecule has 0 radical (unpaired) electrons. The molecular weight excluding hydrogens is 525 g/mol. The van der Waals surface area contributed by atoms with E-state index >= 15 is 0 Å². The van der Waals surface area contributed by atoms with Crippen molar-refractivity contribution in [2.45, 2.75) is 69.6 Å². The number of primary amides is 1. The molecular formula is C24H28Cl3N7O2. The van der Waals surface area contributed by atoms with Gasteiger partial charge in [0.25, 0.3) is 0 Å². The van der Waals surface area contributed by atoms with Gasteiger partial charge in [-0.1, -0.05) is 47.6 Å². The molecule has 0 spiro atoms. The standard InChI is InChI=1S/C24H28Cl3N7O2/c25-13-9-15(26)20(16(27)10-13)32-24-31-18-11-29-23(30-17-3-1-2-4-19(17)35)33-22(18)34(24)14-7-5-12(6-8-14)21(28)36/h9-12,14,17,19,35H,1-8H2,(H2,28,36)(H,31,32)(H,29,30,33)/t12?,14?,17-,19?/m1/s1. The zero-order chi connectivity index (χ0) is 25.4. The Balaban J connectivity index is 1.53. The van der Waals surface area contributed by atoms with Gasteiger partial charge in [-0.05, 0) is 50.7 Å². The van der Waals surface area contributed by atoms with E-state index in [2.05, 4.69) is 15.6 Å². The first kappa shape index (κ1) is 25.3. The second-order valence-electron chi connectivity index (χ2n) is 9.59. The fourth-order valence-corrected chi connectivity index (χ4v) is 6.14. The number of fused-ring (bicyclic) bond motifs is 1. The number of imidazole rings is 1. The molecule has 12 heteroatoms. The van der Waals surface area contributed by atoms with E-state index in [9.17, 15) is 9.90 Å². The highest BCUT2D eigenvalue weighted by atomic mass is 35.5. The van der Waals surface area contributed by atoms with Crippen LogP contribution in [0.1, 0.15) is 57.4 Å². The van der Waals surface area contributed by atoms with Crippen molar-refractivity contribution < 1.29 is 9.90 Å². The van der Waals surface area contributed by atoms with Gasteiger partial charge in [-0.15, -0.1) is 0 Å². The van der Waals surface area contributed by atoms with Crippen molar-refractivity contribution in [3.05, 3.63) is 33.4 Å². The zero-order valence-electron chi connectivity index (χ0n) is 19.6. The van der Waals surface area contributed by atoms with Crippen LogP contribution in [0, 0.1) is 5.92 Å². The van der Waals surface area contributed by atoms with Crippen molar-refractivity contribution in [3.8, 4) is 0 Å². The van der Waals surface area contributed by atoms with Gasteiger partial charge in [0.2, 0.25) is 17.8 Å². The SMILES string of the molecule is NC(=O)C1CCC(n2c(Nc3c(Cl)cc(Cl)cc3Cl)nc3cnc(N[C@@H]4CCCCC4O)nc32)CC1. The summed E-state index contributed by atoms with van der Waals surface area (Å²) < 4.78 is 2.03. The molecule has 2 aliphatic rings. The second-order valence-corrected chi connectivity index (χ2v) is 10.8. The first-order chi connectivity index (χ1) is 17.3. The average Bonchev–Trinajstić information content (AvgIpc) is 3.20. The molecule has 5 N–H and O–H groups in total.